The fourth-order valence-electron chi connectivity index (χ4n) is 5.15. The van der Waals surface area contributed by atoms with Crippen molar-refractivity contribution in [2.75, 3.05) is 13.7 Å². The summed E-state index contributed by atoms with van der Waals surface area (Å²) in [5.41, 5.74) is 0.384. The molecule has 4 aromatic rings. The number of urea groups is 1. The first kappa shape index (κ1) is 24.5. The first-order chi connectivity index (χ1) is 18.6. The summed E-state index contributed by atoms with van der Waals surface area (Å²) < 4.78 is 45.8. The lowest BCUT2D eigenvalue weighted by Crippen LogP contribution is -2.52. The second-order valence-electron chi connectivity index (χ2n) is 9.40. The molecule has 0 saturated carbocycles. The maximum Gasteiger partial charge on any atom is 0.416 e. The van der Waals surface area contributed by atoms with Gasteiger partial charge in [-0.05, 0) is 41.0 Å². The summed E-state index contributed by atoms with van der Waals surface area (Å²) in [6, 6.07) is 12.6. The third-order valence-electron chi connectivity index (χ3n) is 7.11. The number of nitrogens with one attached hydrogen (secondary N) is 3. The minimum Gasteiger partial charge on any atom is -0.497 e. The molecule has 0 spiro atoms. The van der Waals surface area contributed by atoms with Gasteiger partial charge in [0.25, 0.3) is 11.8 Å². The lowest BCUT2D eigenvalue weighted by molar-refractivity contribution is -0.137. The average Bonchev–Trinajstić information content (AvgIpc) is 3.59. The predicted molar refractivity (Wildman–Crippen MR) is 133 cm³/mol. The molecule has 12 heteroatoms. The van der Waals surface area contributed by atoms with E-state index in [4.69, 9.17) is 4.74 Å². The molecule has 1 saturated heterocycles. The fraction of sp³-hybridized carbons (Fsp3) is 0.185. The van der Waals surface area contributed by atoms with Gasteiger partial charge in [0.1, 0.15) is 5.75 Å². The van der Waals surface area contributed by atoms with Crippen molar-refractivity contribution in [3.8, 4) is 16.9 Å². The molecule has 1 fully saturated rings. The van der Waals surface area contributed by atoms with Crippen LogP contribution in [0.15, 0.2) is 60.9 Å². The second kappa shape index (κ2) is 8.58. The van der Waals surface area contributed by atoms with Crippen molar-refractivity contribution in [2.24, 2.45) is 0 Å². The fourth-order valence-corrected chi connectivity index (χ4v) is 5.15. The molecule has 0 bridgehead atoms. The molecule has 0 aliphatic carbocycles. The molecule has 0 unspecified atom stereocenters. The van der Waals surface area contributed by atoms with Gasteiger partial charge >= 0.3 is 12.2 Å². The summed E-state index contributed by atoms with van der Waals surface area (Å²) in [7, 11) is 1.49. The molecular formula is C27H20F3N5O4. The minimum absolute atomic E-state index is 0.160. The van der Waals surface area contributed by atoms with Crippen molar-refractivity contribution in [3.05, 3.63) is 83.2 Å². The summed E-state index contributed by atoms with van der Waals surface area (Å²) in [6.07, 6.45) is -3.25. The van der Waals surface area contributed by atoms with Crippen LogP contribution in [-0.4, -0.2) is 46.4 Å². The number of H-pyrrole nitrogens is 1. The number of fused-ring (bicyclic) bond motifs is 2. The lowest BCUT2D eigenvalue weighted by Gasteiger charge is -2.31. The van der Waals surface area contributed by atoms with Gasteiger partial charge in [-0.2, -0.15) is 13.2 Å². The van der Waals surface area contributed by atoms with Crippen LogP contribution < -0.4 is 15.4 Å². The van der Waals surface area contributed by atoms with Crippen LogP contribution in [0.4, 0.5) is 18.0 Å². The Hall–Kier alpha value is -4.87. The average molecular weight is 535 g/mol. The number of hydrogen-bond donors (Lipinski definition) is 3. The Labute approximate surface area is 219 Å². The number of imide groups is 1. The third-order valence-corrected chi connectivity index (χ3v) is 7.11. The Morgan fingerprint density at radius 3 is 2.46 bits per heavy atom. The molecule has 4 amide bonds. The minimum atomic E-state index is -4.56. The topological polar surface area (TPSA) is 116 Å². The number of halogens is 3. The van der Waals surface area contributed by atoms with Crippen LogP contribution in [0.3, 0.4) is 0 Å². The number of rotatable bonds is 5. The molecule has 0 radical (unpaired) electrons. The van der Waals surface area contributed by atoms with Crippen LogP contribution in [-0.2, 0) is 23.1 Å². The van der Waals surface area contributed by atoms with Gasteiger partial charge in [-0.15, -0.1) is 0 Å². The van der Waals surface area contributed by atoms with E-state index in [1.165, 1.54) is 18.3 Å². The highest BCUT2D eigenvalue weighted by Crippen LogP contribution is 2.38. The number of hydrogen-bond acceptors (Lipinski definition) is 5. The number of aromatic amines is 1. The van der Waals surface area contributed by atoms with E-state index in [2.05, 4.69) is 20.6 Å². The van der Waals surface area contributed by atoms with Crippen LogP contribution in [0.25, 0.3) is 22.2 Å². The molecule has 198 valence electrons. The van der Waals surface area contributed by atoms with E-state index >= 15 is 0 Å². The van der Waals surface area contributed by atoms with E-state index in [-0.39, 0.29) is 30.1 Å². The lowest BCUT2D eigenvalue weighted by atomic mass is 9.87. The van der Waals surface area contributed by atoms with E-state index in [9.17, 15) is 27.6 Å². The van der Waals surface area contributed by atoms with Crippen LogP contribution in [0.5, 0.6) is 5.75 Å². The first-order valence-electron chi connectivity index (χ1n) is 11.8. The molecular weight excluding hydrogens is 515 g/mol. The SMILES string of the molecule is COc1ccc2c(c1)C(=O)N(C[C@@]1(c3ccc(-c4cc(C(F)(F)F)cc5[nH]cnc45)cc3)NC(=O)NC1=O)C2. The summed E-state index contributed by atoms with van der Waals surface area (Å²) in [5.74, 6) is -0.448. The number of amides is 4. The molecule has 39 heavy (non-hydrogen) atoms. The molecule has 3 N–H and O–H groups in total. The van der Waals surface area contributed by atoms with Gasteiger partial charge in [0.05, 0.1) is 36.6 Å². The number of nitrogens with zero attached hydrogens (tertiary/aromatic N) is 2. The first-order valence-corrected chi connectivity index (χ1v) is 11.8. The van der Waals surface area contributed by atoms with Crippen molar-refractivity contribution in [2.45, 2.75) is 18.3 Å². The summed E-state index contributed by atoms with van der Waals surface area (Å²) in [5, 5.41) is 4.90. The van der Waals surface area contributed by atoms with Crippen LogP contribution in [0.2, 0.25) is 0 Å². The summed E-state index contributed by atoms with van der Waals surface area (Å²) in [6.45, 7) is 0.0649. The van der Waals surface area contributed by atoms with Crippen molar-refractivity contribution < 1.29 is 32.3 Å². The number of imidazole rings is 1. The van der Waals surface area contributed by atoms with Gasteiger partial charge in [0.15, 0.2) is 5.54 Å². The van der Waals surface area contributed by atoms with E-state index in [1.807, 2.05) is 0 Å². The van der Waals surface area contributed by atoms with Crippen molar-refractivity contribution in [3.63, 3.8) is 0 Å². The quantitative estimate of drug-likeness (QED) is 0.335. The van der Waals surface area contributed by atoms with E-state index in [0.717, 1.165) is 17.7 Å². The molecule has 9 nitrogen and oxygen atoms in total. The number of methoxy groups -OCH3 is 1. The smallest absolute Gasteiger partial charge is 0.416 e. The van der Waals surface area contributed by atoms with Crippen molar-refractivity contribution in [1.82, 2.24) is 25.5 Å². The zero-order valence-electron chi connectivity index (χ0n) is 20.3. The Morgan fingerprint density at radius 1 is 1.03 bits per heavy atom. The van der Waals surface area contributed by atoms with Crippen LogP contribution in [0.1, 0.15) is 27.0 Å². The Kier molecular flexibility index (Phi) is 5.38. The Morgan fingerprint density at radius 2 is 1.79 bits per heavy atom. The normalized spacial score (nSPS) is 18.9. The zero-order chi connectivity index (χ0) is 27.5. The van der Waals surface area contributed by atoms with Gasteiger partial charge in [0.2, 0.25) is 0 Å². The standard InChI is InChI=1S/C27H20F3N5O4/c1-39-18-7-4-15-11-35(23(36)20(15)10-18)12-26(24(37)33-25(38)34-26)16-5-2-14(3-6-16)19-8-17(27(28,29)30)9-21-22(19)32-13-31-21/h2-10,13H,11-12H2,1H3,(H,31,32)(H2,33,34,37,38)/t26-/m0/s1. The van der Waals surface area contributed by atoms with E-state index in [1.54, 1.807) is 42.5 Å². The molecule has 2 aliphatic rings. The molecule has 1 aromatic heterocycles. The van der Waals surface area contributed by atoms with Gasteiger partial charge in [-0.1, -0.05) is 30.3 Å². The maximum atomic E-state index is 13.5. The predicted octanol–water partition coefficient (Wildman–Crippen LogP) is 3.95. The van der Waals surface area contributed by atoms with E-state index in [0.29, 0.717) is 28.0 Å². The van der Waals surface area contributed by atoms with Gasteiger partial charge in [-0.3, -0.25) is 14.9 Å². The van der Waals surface area contributed by atoms with Crippen molar-refractivity contribution in [1.29, 1.82) is 0 Å². The highest BCUT2D eigenvalue weighted by Gasteiger charge is 2.50. The largest absolute Gasteiger partial charge is 0.497 e. The summed E-state index contributed by atoms with van der Waals surface area (Å²) in [4.78, 5) is 46.9. The number of aromatic nitrogens is 2. The van der Waals surface area contributed by atoms with Crippen LogP contribution >= 0.6 is 0 Å². The summed E-state index contributed by atoms with van der Waals surface area (Å²) >= 11 is 0. The van der Waals surface area contributed by atoms with Gasteiger partial charge < -0.3 is 19.9 Å². The van der Waals surface area contributed by atoms with Crippen LogP contribution in [0, 0.1) is 0 Å². The monoisotopic (exact) mass is 535 g/mol. The zero-order valence-corrected chi connectivity index (χ0v) is 20.3. The van der Waals surface area contributed by atoms with Gasteiger partial charge in [-0.25, -0.2) is 9.78 Å². The van der Waals surface area contributed by atoms with Crippen molar-refractivity contribution >= 4 is 28.9 Å². The molecule has 6 rings (SSSR count). The molecule has 2 aliphatic heterocycles. The highest BCUT2D eigenvalue weighted by molar-refractivity contribution is 6.08. The molecule has 1 atom stereocenters. The number of ether oxygens (including phenoxy) is 1. The number of alkyl halides is 3. The maximum absolute atomic E-state index is 13.5. The molecule has 3 heterocycles. The van der Waals surface area contributed by atoms with E-state index < -0.39 is 29.2 Å². The number of carbonyl (C=O) groups is 3. The van der Waals surface area contributed by atoms with Gasteiger partial charge in [0, 0.05) is 17.7 Å². The Bertz CT molecular complexity index is 1660. The number of benzene rings is 3. The highest BCUT2D eigenvalue weighted by atomic mass is 19.4. The Balaban J connectivity index is 1.37. The number of carbonyl (C=O) groups excluding carboxylic acids is 3. The second-order valence-corrected chi connectivity index (χ2v) is 9.40. The third kappa shape index (κ3) is 3.95. The molecule has 3 aromatic carbocycles.